The molecule has 1 aromatic carbocycles. The zero-order valence-corrected chi connectivity index (χ0v) is 7.57. The highest BCUT2D eigenvalue weighted by Crippen LogP contribution is 2.13. The maximum atomic E-state index is 10.0. The van der Waals surface area contributed by atoms with Gasteiger partial charge in [-0.1, -0.05) is 24.3 Å². The molecule has 2 nitrogen and oxygen atoms in total. The number of carbonyl (C=O) groups excluding carboxylic acids is 1. The third kappa shape index (κ3) is 3.11. The number of methoxy groups -OCH3 is 1. The maximum absolute atomic E-state index is 10.0. The van der Waals surface area contributed by atoms with E-state index in [0.717, 1.165) is 17.6 Å². The molecule has 0 radical (unpaired) electrons. The lowest BCUT2D eigenvalue weighted by Crippen LogP contribution is -1.82. The van der Waals surface area contributed by atoms with Crippen molar-refractivity contribution in [3.8, 4) is 5.75 Å². The van der Waals surface area contributed by atoms with Crippen LogP contribution < -0.4 is 4.74 Å². The van der Waals surface area contributed by atoms with E-state index in [1.807, 2.05) is 36.4 Å². The number of ether oxygens (including phenoxy) is 1. The van der Waals surface area contributed by atoms with Gasteiger partial charge in [-0.05, 0) is 17.7 Å². The molecule has 0 N–H and O–H groups in total. The van der Waals surface area contributed by atoms with Crippen LogP contribution in [0.3, 0.4) is 0 Å². The summed E-state index contributed by atoms with van der Waals surface area (Å²) in [6.07, 6.45) is 5.05. The maximum Gasteiger partial charge on any atom is 0.123 e. The van der Waals surface area contributed by atoms with Crippen LogP contribution in [0.4, 0.5) is 0 Å². The molecule has 0 bridgehead atoms. The summed E-state index contributed by atoms with van der Waals surface area (Å²) in [5.41, 5.74) is 1.04. The van der Waals surface area contributed by atoms with Crippen LogP contribution in [0.15, 0.2) is 30.3 Å². The summed E-state index contributed by atoms with van der Waals surface area (Å²) in [5.74, 6) is 0.827. The van der Waals surface area contributed by atoms with E-state index in [-0.39, 0.29) is 0 Å². The lowest BCUT2D eigenvalue weighted by molar-refractivity contribution is -0.107. The summed E-state index contributed by atoms with van der Waals surface area (Å²) in [5, 5.41) is 0. The molecule has 1 rings (SSSR count). The van der Waals surface area contributed by atoms with Gasteiger partial charge in [0.2, 0.25) is 0 Å². The first-order valence-corrected chi connectivity index (χ1v) is 4.11. The van der Waals surface area contributed by atoms with E-state index >= 15 is 0 Å². The second-order valence-corrected chi connectivity index (χ2v) is 2.58. The number of allylic oxidation sites excluding steroid dienone is 1. The zero-order valence-electron chi connectivity index (χ0n) is 7.57. The monoisotopic (exact) mass is 176 g/mol. The molecule has 0 heterocycles. The number of hydrogen-bond donors (Lipinski definition) is 0. The summed E-state index contributed by atoms with van der Waals surface area (Å²) in [6.45, 7) is 0. The van der Waals surface area contributed by atoms with Gasteiger partial charge in [0, 0.05) is 6.42 Å². The molecule has 0 aromatic heterocycles. The van der Waals surface area contributed by atoms with Crippen molar-refractivity contribution in [2.45, 2.75) is 6.42 Å². The Balaban J connectivity index is 2.71. The molecule has 0 saturated heterocycles. The predicted octanol–water partition coefficient (Wildman–Crippen LogP) is 2.30. The van der Waals surface area contributed by atoms with E-state index in [1.54, 1.807) is 7.11 Å². The number of benzene rings is 1. The molecule has 13 heavy (non-hydrogen) atoms. The molecule has 0 aliphatic heterocycles. The Morgan fingerprint density at radius 1 is 1.46 bits per heavy atom. The van der Waals surface area contributed by atoms with Crippen molar-refractivity contribution < 1.29 is 9.53 Å². The minimum absolute atomic E-state index is 0.456. The van der Waals surface area contributed by atoms with E-state index in [9.17, 15) is 4.79 Å². The van der Waals surface area contributed by atoms with Gasteiger partial charge in [0.1, 0.15) is 12.0 Å². The van der Waals surface area contributed by atoms with Crippen LogP contribution in [0.1, 0.15) is 12.0 Å². The van der Waals surface area contributed by atoms with E-state index < -0.39 is 0 Å². The van der Waals surface area contributed by atoms with Crippen molar-refractivity contribution in [3.63, 3.8) is 0 Å². The molecule has 0 aliphatic carbocycles. The summed E-state index contributed by atoms with van der Waals surface area (Å²) in [4.78, 5) is 10.0. The van der Waals surface area contributed by atoms with Crippen molar-refractivity contribution in [1.29, 1.82) is 0 Å². The largest absolute Gasteiger partial charge is 0.497 e. The Labute approximate surface area is 77.8 Å². The Morgan fingerprint density at radius 2 is 2.31 bits per heavy atom. The van der Waals surface area contributed by atoms with Gasteiger partial charge in [0.05, 0.1) is 7.11 Å². The van der Waals surface area contributed by atoms with Gasteiger partial charge in [0.25, 0.3) is 0 Å². The molecule has 68 valence electrons. The van der Waals surface area contributed by atoms with Crippen molar-refractivity contribution in [1.82, 2.24) is 0 Å². The predicted molar refractivity (Wildman–Crippen MR) is 52.7 cm³/mol. The Bertz CT molecular complexity index is 303. The normalized spacial score (nSPS) is 10.2. The van der Waals surface area contributed by atoms with E-state index in [4.69, 9.17) is 4.74 Å². The van der Waals surface area contributed by atoms with Gasteiger partial charge in [-0.3, -0.25) is 0 Å². The fraction of sp³-hybridized carbons (Fsp3) is 0.182. The lowest BCUT2D eigenvalue weighted by atomic mass is 10.2. The van der Waals surface area contributed by atoms with Crippen LogP contribution in [0, 0.1) is 0 Å². The molecule has 0 saturated carbocycles. The second-order valence-electron chi connectivity index (χ2n) is 2.58. The van der Waals surface area contributed by atoms with Gasteiger partial charge in [0.15, 0.2) is 0 Å². The number of hydrogen-bond acceptors (Lipinski definition) is 2. The first-order valence-electron chi connectivity index (χ1n) is 4.11. The Hall–Kier alpha value is -1.57. The quantitative estimate of drug-likeness (QED) is 0.658. The fourth-order valence-electron chi connectivity index (χ4n) is 1.00. The fourth-order valence-corrected chi connectivity index (χ4v) is 1.00. The van der Waals surface area contributed by atoms with Crippen molar-refractivity contribution in [2.75, 3.05) is 7.11 Å². The smallest absolute Gasteiger partial charge is 0.123 e. The standard InChI is InChI=1S/C11H12O2/c1-13-11-7-4-6-10(9-11)5-2-3-8-12/h2,4-9H,3H2,1H3. The number of carbonyl (C=O) groups is 1. The molecule has 0 aliphatic rings. The molecule has 0 atom stereocenters. The third-order valence-corrected chi connectivity index (χ3v) is 1.64. The first-order chi connectivity index (χ1) is 6.36. The number of rotatable bonds is 4. The minimum Gasteiger partial charge on any atom is -0.497 e. The topological polar surface area (TPSA) is 26.3 Å². The van der Waals surface area contributed by atoms with Gasteiger partial charge in [-0.15, -0.1) is 0 Å². The van der Waals surface area contributed by atoms with Crippen LogP contribution in [-0.4, -0.2) is 13.4 Å². The Kier molecular flexibility index (Phi) is 3.76. The van der Waals surface area contributed by atoms with Gasteiger partial charge in [-0.25, -0.2) is 0 Å². The van der Waals surface area contributed by atoms with Crippen LogP contribution in [0.25, 0.3) is 6.08 Å². The summed E-state index contributed by atoms with van der Waals surface area (Å²) in [7, 11) is 1.63. The van der Waals surface area contributed by atoms with Crippen LogP contribution in [0.5, 0.6) is 5.75 Å². The van der Waals surface area contributed by atoms with E-state index in [2.05, 4.69) is 0 Å². The van der Waals surface area contributed by atoms with Crippen LogP contribution in [-0.2, 0) is 4.79 Å². The molecule has 2 heteroatoms. The molecule has 0 unspecified atom stereocenters. The summed E-state index contributed by atoms with van der Waals surface area (Å²) >= 11 is 0. The van der Waals surface area contributed by atoms with Gasteiger partial charge in [-0.2, -0.15) is 0 Å². The van der Waals surface area contributed by atoms with Crippen molar-refractivity contribution >= 4 is 12.4 Å². The third-order valence-electron chi connectivity index (χ3n) is 1.64. The summed E-state index contributed by atoms with van der Waals surface area (Å²) < 4.78 is 5.06. The van der Waals surface area contributed by atoms with E-state index in [1.165, 1.54) is 0 Å². The van der Waals surface area contributed by atoms with Crippen molar-refractivity contribution in [2.24, 2.45) is 0 Å². The average Bonchev–Trinajstić information content (AvgIpc) is 2.19. The molecule has 0 spiro atoms. The highest BCUT2D eigenvalue weighted by atomic mass is 16.5. The average molecular weight is 176 g/mol. The SMILES string of the molecule is COc1cccc(C=CCC=O)c1. The summed E-state index contributed by atoms with van der Waals surface area (Å²) in [6, 6.07) is 7.68. The number of aldehydes is 1. The van der Waals surface area contributed by atoms with Gasteiger partial charge < -0.3 is 9.53 Å². The molecular weight excluding hydrogens is 164 g/mol. The molecule has 1 aromatic rings. The zero-order chi connectivity index (χ0) is 9.52. The van der Waals surface area contributed by atoms with Gasteiger partial charge >= 0.3 is 0 Å². The highest BCUT2D eigenvalue weighted by Gasteiger charge is 1.90. The van der Waals surface area contributed by atoms with Crippen LogP contribution >= 0.6 is 0 Å². The van der Waals surface area contributed by atoms with Crippen LogP contribution in [0.2, 0.25) is 0 Å². The first kappa shape index (κ1) is 9.52. The highest BCUT2D eigenvalue weighted by molar-refractivity contribution is 5.58. The van der Waals surface area contributed by atoms with Crippen molar-refractivity contribution in [3.05, 3.63) is 35.9 Å². The molecule has 0 amide bonds. The second kappa shape index (κ2) is 5.14. The Morgan fingerprint density at radius 3 is 3.00 bits per heavy atom. The molecular formula is C11H12O2. The van der Waals surface area contributed by atoms with E-state index in [0.29, 0.717) is 6.42 Å². The minimum atomic E-state index is 0.456. The lowest BCUT2D eigenvalue weighted by Gasteiger charge is -1.99. The molecule has 0 fully saturated rings.